The van der Waals surface area contributed by atoms with Crippen LogP contribution in [0.2, 0.25) is 5.02 Å². The fraction of sp³-hybridized carbons (Fsp3) is 0.214. The van der Waals surface area contributed by atoms with Crippen molar-refractivity contribution in [3.8, 4) is 0 Å². The molecule has 0 atom stereocenters. The van der Waals surface area contributed by atoms with Crippen LogP contribution in [0.5, 0.6) is 0 Å². The first kappa shape index (κ1) is 16.5. The highest BCUT2D eigenvalue weighted by Crippen LogP contribution is 2.34. The van der Waals surface area contributed by atoms with Gasteiger partial charge in [0.1, 0.15) is 12.4 Å². The van der Waals surface area contributed by atoms with Gasteiger partial charge in [-0.05, 0) is 36.9 Å². The van der Waals surface area contributed by atoms with E-state index in [9.17, 15) is 18.8 Å². The summed E-state index contributed by atoms with van der Waals surface area (Å²) >= 11 is 6.50. The van der Waals surface area contributed by atoms with Gasteiger partial charge in [0.2, 0.25) is 0 Å². The van der Waals surface area contributed by atoms with Crippen LogP contribution in [0.1, 0.15) is 12.5 Å². The van der Waals surface area contributed by atoms with Crippen LogP contribution in [0.25, 0.3) is 6.08 Å². The lowest BCUT2D eigenvalue weighted by molar-refractivity contribution is -0.145. The van der Waals surface area contributed by atoms with Crippen molar-refractivity contribution >= 4 is 46.6 Å². The minimum Gasteiger partial charge on any atom is -0.465 e. The highest BCUT2D eigenvalue weighted by Gasteiger charge is 2.36. The summed E-state index contributed by atoms with van der Waals surface area (Å²) in [6.07, 6.45) is 1.20. The molecule has 2 rings (SSSR count). The van der Waals surface area contributed by atoms with Gasteiger partial charge in [-0.2, -0.15) is 0 Å². The van der Waals surface area contributed by atoms with Crippen molar-refractivity contribution in [1.82, 2.24) is 4.90 Å². The predicted octanol–water partition coefficient (Wildman–Crippen LogP) is 3.08. The second-order valence-electron chi connectivity index (χ2n) is 4.21. The van der Waals surface area contributed by atoms with E-state index in [4.69, 9.17) is 16.3 Å². The number of nitrogens with zero attached hydrogens (tertiary/aromatic N) is 1. The van der Waals surface area contributed by atoms with Gasteiger partial charge >= 0.3 is 5.97 Å². The number of hydrogen-bond acceptors (Lipinski definition) is 5. The Balaban J connectivity index is 2.24. The Morgan fingerprint density at radius 1 is 1.45 bits per heavy atom. The van der Waals surface area contributed by atoms with E-state index in [1.165, 1.54) is 24.3 Å². The Morgan fingerprint density at radius 3 is 2.82 bits per heavy atom. The molecule has 0 unspecified atom stereocenters. The van der Waals surface area contributed by atoms with Gasteiger partial charge < -0.3 is 4.74 Å². The fourth-order valence-electron chi connectivity index (χ4n) is 1.75. The molecular weight excluding hydrogens is 333 g/mol. The Hall–Kier alpha value is -1.86. The summed E-state index contributed by atoms with van der Waals surface area (Å²) in [4.78, 5) is 36.1. The van der Waals surface area contributed by atoms with Gasteiger partial charge in [0, 0.05) is 5.56 Å². The Kier molecular flexibility index (Phi) is 5.20. The first-order chi connectivity index (χ1) is 10.4. The third-order valence-electron chi connectivity index (χ3n) is 2.74. The molecule has 22 heavy (non-hydrogen) atoms. The Morgan fingerprint density at radius 2 is 2.18 bits per heavy atom. The molecule has 0 aliphatic carbocycles. The summed E-state index contributed by atoms with van der Waals surface area (Å²) in [6, 6.07) is 4.10. The third kappa shape index (κ3) is 3.48. The molecule has 1 aliphatic rings. The minimum absolute atomic E-state index is 0.00120. The van der Waals surface area contributed by atoms with Gasteiger partial charge in [-0.3, -0.25) is 19.3 Å². The number of carbonyl (C=O) groups is 3. The highest BCUT2D eigenvalue weighted by molar-refractivity contribution is 8.18. The summed E-state index contributed by atoms with van der Waals surface area (Å²) in [5.74, 6) is -1.97. The lowest BCUT2D eigenvalue weighted by atomic mass is 10.2. The molecule has 1 aliphatic heterocycles. The van der Waals surface area contributed by atoms with E-state index in [0.717, 1.165) is 4.90 Å². The van der Waals surface area contributed by atoms with Gasteiger partial charge in [-0.15, -0.1) is 0 Å². The lowest BCUT2D eigenvalue weighted by Gasteiger charge is -2.10. The molecular formula is C14H11ClFNO4S. The van der Waals surface area contributed by atoms with Crippen molar-refractivity contribution < 1.29 is 23.5 Å². The number of hydrogen-bond donors (Lipinski definition) is 0. The zero-order chi connectivity index (χ0) is 16.3. The van der Waals surface area contributed by atoms with Gasteiger partial charge in [0.25, 0.3) is 11.1 Å². The molecule has 2 amide bonds. The van der Waals surface area contributed by atoms with Crippen LogP contribution in [0.3, 0.4) is 0 Å². The zero-order valence-electron chi connectivity index (χ0n) is 11.5. The van der Waals surface area contributed by atoms with Crippen LogP contribution >= 0.6 is 23.4 Å². The number of thioether (sulfide) groups is 1. The summed E-state index contributed by atoms with van der Waals surface area (Å²) in [5.41, 5.74) is 0.0193. The summed E-state index contributed by atoms with van der Waals surface area (Å²) in [5, 5.41) is -0.492. The van der Waals surface area contributed by atoms with E-state index < -0.39 is 29.5 Å². The van der Waals surface area contributed by atoms with Crippen LogP contribution in [0.4, 0.5) is 9.18 Å². The lowest BCUT2D eigenvalue weighted by Crippen LogP contribution is -2.34. The molecule has 1 aromatic carbocycles. The molecule has 0 spiro atoms. The second-order valence-corrected chi connectivity index (χ2v) is 5.61. The smallest absolute Gasteiger partial charge is 0.326 e. The minimum atomic E-state index is -0.685. The van der Waals surface area contributed by atoms with Crippen molar-refractivity contribution in [2.75, 3.05) is 13.2 Å². The molecule has 8 heteroatoms. The molecule has 1 fully saturated rings. The number of esters is 1. The van der Waals surface area contributed by atoms with Crippen LogP contribution in [-0.4, -0.2) is 35.2 Å². The van der Waals surface area contributed by atoms with Crippen LogP contribution in [0, 0.1) is 5.82 Å². The zero-order valence-corrected chi connectivity index (χ0v) is 13.0. The maximum Gasteiger partial charge on any atom is 0.326 e. The Bertz CT molecular complexity index is 657. The number of benzene rings is 1. The van der Waals surface area contributed by atoms with E-state index in [1.807, 2.05) is 0 Å². The number of rotatable bonds is 4. The van der Waals surface area contributed by atoms with Crippen molar-refractivity contribution in [3.05, 3.63) is 39.5 Å². The monoisotopic (exact) mass is 343 g/mol. The molecule has 1 saturated heterocycles. The maximum absolute atomic E-state index is 13.7. The number of amides is 2. The van der Waals surface area contributed by atoms with Gasteiger partial charge in [-0.25, -0.2) is 4.39 Å². The van der Waals surface area contributed by atoms with Gasteiger partial charge in [-0.1, -0.05) is 17.7 Å². The topological polar surface area (TPSA) is 63.7 Å². The summed E-state index contributed by atoms with van der Waals surface area (Å²) in [7, 11) is 0. The average molecular weight is 344 g/mol. The van der Waals surface area contributed by atoms with Gasteiger partial charge in [0.05, 0.1) is 16.5 Å². The second kappa shape index (κ2) is 6.93. The quantitative estimate of drug-likeness (QED) is 0.621. The SMILES string of the molecule is CCOC(=O)CN1C(=O)S/C(=C/c2c(F)cccc2Cl)C1=O. The molecule has 116 valence electrons. The van der Waals surface area contributed by atoms with E-state index >= 15 is 0 Å². The number of ether oxygens (including phenoxy) is 1. The molecule has 1 aromatic rings. The van der Waals surface area contributed by atoms with E-state index in [1.54, 1.807) is 6.92 Å². The average Bonchev–Trinajstić information content (AvgIpc) is 2.71. The van der Waals surface area contributed by atoms with Crippen LogP contribution in [-0.2, 0) is 14.3 Å². The van der Waals surface area contributed by atoms with Gasteiger partial charge in [0.15, 0.2) is 0 Å². The normalized spacial score (nSPS) is 16.5. The molecule has 0 radical (unpaired) electrons. The largest absolute Gasteiger partial charge is 0.465 e. The van der Waals surface area contributed by atoms with E-state index in [-0.39, 0.29) is 22.1 Å². The summed E-state index contributed by atoms with van der Waals surface area (Å²) < 4.78 is 18.4. The molecule has 1 heterocycles. The predicted molar refractivity (Wildman–Crippen MR) is 80.7 cm³/mol. The molecule has 0 bridgehead atoms. The molecule has 0 saturated carbocycles. The molecule has 5 nitrogen and oxygen atoms in total. The van der Waals surface area contributed by atoms with Crippen molar-refractivity contribution in [1.29, 1.82) is 0 Å². The number of carbonyl (C=O) groups excluding carboxylic acids is 3. The van der Waals surface area contributed by atoms with Crippen LogP contribution < -0.4 is 0 Å². The standard InChI is InChI=1S/C14H11ClFNO4S/c1-2-21-12(18)7-17-13(19)11(22-14(17)20)6-8-9(15)4-3-5-10(8)16/h3-6H,2,7H2,1H3/b11-6+. The molecule has 0 N–H and O–H groups in total. The molecule has 0 aromatic heterocycles. The highest BCUT2D eigenvalue weighted by atomic mass is 35.5. The van der Waals surface area contributed by atoms with Crippen molar-refractivity contribution in [2.45, 2.75) is 6.92 Å². The van der Waals surface area contributed by atoms with Crippen LogP contribution in [0.15, 0.2) is 23.1 Å². The maximum atomic E-state index is 13.7. The number of imide groups is 1. The third-order valence-corrected chi connectivity index (χ3v) is 3.98. The number of halogens is 2. The summed E-state index contributed by atoms with van der Waals surface area (Å²) in [6.45, 7) is 1.29. The van der Waals surface area contributed by atoms with Crippen molar-refractivity contribution in [2.24, 2.45) is 0 Å². The van der Waals surface area contributed by atoms with Crippen molar-refractivity contribution in [3.63, 3.8) is 0 Å². The van der Waals surface area contributed by atoms with E-state index in [2.05, 4.69) is 0 Å². The van der Waals surface area contributed by atoms with E-state index in [0.29, 0.717) is 11.8 Å². The fourth-order valence-corrected chi connectivity index (χ4v) is 2.79. The first-order valence-corrected chi connectivity index (χ1v) is 7.48. The Labute approximate surface area is 135 Å². The first-order valence-electron chi connectivity index (χ1n) is 6.29.